The lowest BCUT2D eigenvalue weighted by molar-refractivity contribution is -0.419. The largest absolute Gasteiger partial charge is 0.423 e. The van der Waals surface area contributed by atoms with Crippen LogP contribution >= 0.6 is 0 Å². The summed E-state index contributed by atoms with van der Waals surface area (Å²) in [5.41, 5.74) is 0. The third-order valence-corrected chi connectivity index (χ3v) is 1.43. The van der Waals surface area contributed by atoms with Gasteiger partial charge in [-0.25, -0.2) is 0 Å². The SMILES string of the molecule is OCC(F)(F)C(F)(F)C(F)(F)C(O)(F)F. The van der Waals surface area contributed by atoms with Crippen molar-refractivity contribution < 1.29 is 45.3 Å². The fourth-order valence-electron chi connectivity index (χ4n) is 0.518. The van der Waals surface area contributed by atoms with Crippen molar-refractivity contribution in [3.05, 3.63) is 0 Å². The maximum absolute atomic E-state index is 12.2. The van der Waals surface area contributed by atoms with E-state index in [1.807, 2.05) is 0 Å². The Morgan fingerprint density at radius 3 is 1.27 bits per heavy atom. The van der Waals surface area contributed by atoms with Gasteiger partial charge in [0.15, 0.2) is 0 Å². The van der Waals surface area contributed by atoms with Crippen LogP contribution in [0.25, 0.3) is 0 Å². The molecular weight excluding hydrogens is 244 g/mol. The number of aliphatic hydroxyl groups is 2. The molecule has 2 nitrogen and oxygen atoms in total. The first kappa shape index (κ1) is 14.4. The second-order valence-electron chi connectivity index (χ2n) is 2.55. The molecule has 0 fully saturated rings. The monoisotopic (exact) mass is 248 g/mol. The van der Waals surface area contributed by atoms with Crippen molar-refractivity contribution in [2.24, 2.45) is 0 Å². The quantitative estimate of drug-likeness (QED) is 0.739. The van der Waals surface area contributed by atoms with Gasteiger partial charge in [-0.1, -0.05) is 0 Å². The van der Waals surface area contributed by atoms with Crippen LogP contribution in [-0.2, 0) is 0 Å². The van der Waals surface area contributed by atoms with Gasteiger partial charge in [0.2, 0.25) is 0 Å². The zero-order chi connectivity index (χ0) is 12.7. The lowest BCUT2D eigenvalue weighted by atomic mass is 10.0. The van der Waals surface area contributed by atoms with Crippen molar-refractivity contribution >= 4 is 0 Å². The van der Waals surface area contributed by atoms with Crippen LogP contribution in [0.5, 0.6) is 0 Å². The molecule has 10 heteroatoms. The highest BCUT2D eigenvalue weighted by molar-refractivity contribution is 4.99. The Morgan fingerprint density at radius 1 is 0.733 bits per heavy atom. The van der Waals surface area contributed by atoms with Gasteiger partial charge >= 0.3 is 23.9 Å². The van der Waals surface area contributed by atoms with E-state index >= 15 is 0 Å². The predicted molar refractivity (Wildman–Crippen MR) is 29.1 cm³/mol. The van der Waals surface area contributed by atoms with E-state index < -0.39 is 30.5 Å². The maximum atomic E-state index is 12.2. The van der Waals surface area contributed by atoms with E-state index in [0.29, 0.717) is 0 Å². The van der Waals surface area contributed by atoms with E-state index in [1.54, 1.807) is 0 Å². The van der Waals surface area contributed by atoms with Crippen LogP contribution in [0.4, 0.5) is 35.1 Å². The summed E-state index contributed by atoms with van der Waals surface area (Å²) in [6.07, 6.45) is -6.34. The fourth-order valence-corrected chi connectivity index (χ4v) is 0.518. The van der Waals surface area contributed by atoms with Gasteiger partial charge in [0.05, 0.1) is 0 Å². The zero-order valence-electron chi connectivity index (χ0n) is 6.63. The van der Waals surface area contributed by atoms with Crippen LogP contribution < -0.4 is 0 Å². The number of aliphatic hydroxyl groups excluding tert-OH is 1. The predicted octanol–water partition coefficient (Wildman–Crippen LogP) is 1.47. The van der Waals surface area contributed by atoms with Crippen molar-refractivity contribution in [1.29, 1.82) is 0 Å². The van der Waals surface area contributed by atoms with E-state index in [2.05, 4.69) is 0 Å². The van der Waals surface area contributed by atoms with Crippen LogP contribution in [0.2, 0.25) is 0 Å². The molecule has 0 bridgehead atoms. The van der Waals surface area contributed by atoms with Crippen molar-refractivity contribution in [3.8, 4) is 0 Å². The minimum Gasteiger partial charge on any atom is -0.390 e. The minimum absolute atomic E-state index is 2.77. The van der Waals surface area contributed by atoms with Gasteiger partial charge < -0.3 is 10.2 Å². The molecular formula is C5H4F8O2. The Kier molecular flexibility index (Phi) is 3.29. The standard InChI is InChI=1S/C5H4F8O2/c6-2(7,1-14)3(8,9)4(10,11)5(12,13)15/h14-15H,1H2. The molecule has 0 heterocycles. The van der Waals surface area contributed by atoms with Crippen LogP contribution in [0.3, 0.4) is 0 Å². The van der Waals surface area contributed by atoms with Gasteiger partial charge in [0.1, 0.15) is 6.61 Å². The molecule has 0 unspecified atom stereocenters. The first-order valence-corrected chi connectivity index (χ1v) is 3.16. The summed E-state index contributed by atoms with van der Waals surface area (Å²) in [6, 6.07) is 0. The van der Waals surface area contributed by atoms with Crippen LogP contribution in [0, 0.1) is 0 Å². The van der Waals surface area contributed by atoms with E-state index in [1.165, 1.54) is 0 Å². The number of halogens is 8. The summed E-state index contributed by atoms with van der Waals surface area (Å²) in [7, 11) is 0. The molecule has 0 rings (SSSR count). The van der Waals surface area contributed by atoms with Crippen LogP contribution in [0.15, 0.2) is 0 Å². The average Bonchev–Trinajstić information content (AvgIpc) is 2.01. The summed E-state index contributed by atoms with van der Waals surface area (Å²) in [5, 5.41) is 15.0. The van der Waals surface area contributed by atoms with Gasteiger partial charge in [0.25, 0.3) is 0 Å². The van der Waals surface area contributed by atoms with Gasteiger partial charge in [0, 0.05) is 0 Å². The molecule has 0 aliphatic carbocycles. The third kappa shape index (κ3) is 2.00. The molecule has 0 aliphatic rings. The molecule has 0 radical (unpaired) electrons. The van der Waals surface area contributed by atoms with E-state index in [0.717, 1.165) is 0 Å². The number of rotatable bonds is 4. The lowest BCUT2D eigenvalue weighted by Gasteiger charge is -2.33. The lowest BCUT2D eigenvalue weighted by Crippen LogP contribution is -2.63. The normalized spacial score (nSPS) is 15.6. The van der Waals surface area contributed by atoms with E-state index in [-0.39, 0.29) is 0 Å². The second kappa shape index (κ2) is 3.44. The molecule has 0 atom stereocenters. The smallest absolute Gasteiger partial charge is 0.390 e. The summed E-state index contributed by atoms with van der Waals surface area (Å²) in [6.45, 7) is -2.77. The van der Waals surface area contributed by atoms with Crippen molar-refractivity contribution in [3.63, 3.8) is 0 Å². The Hall–Kier alpha value is -0.640. The Morgan fingerprint density at radius 2 is 1.07 bits per heavy atom. The molecule has 15 heavy (non-hydrogen) atoms. The molecule has 2 N–H and O–H groups in total. The van der Waals surface area contributed by atoms with Crippen molar-refractivity contribution in [2.75, 3.05) is 6.61 Å². The van der Waals surface area contributed by atoms with Gasteiger partial charge in [-0.15, -0.1) is 0 Å². The summed E-state index contributed by atoms with van der Waals surface area (Å²) in [5.74, 6) is -19.1. The van der Waals surface area contributed by atoms with E-state index in [4.69, 9.17) is 10.2 Å². The molecule has 92 valence electrons. The highest BCUT2D eigenvalue weighted by atomic mass is 19.4. The highest BCUT2D eigenvalue weighted by Gasteiger charge is 2.80. The first-order chi connectivity index (χ1) is 6.31. The summed E-state index contributed by atoms with van der Waals surface area (Å²) < 4.78 is 95.7. The maximum Gasteiger partial charge on any atom is 0.423 e. The third-order valence-electron chi connectivity index (χ3n) is 1.43. The Labute approximate surface area is 77.1 Å². The molecule has 0 aliphatic heterocycles. The molecule has 0 saturated carbocycles. The van der Waals surface area contributed by atoms with Crippen LogP contribution in [-0.4, -0.2) is 40.7 Å². The number of hydrogen-bond acceptors (Lipinski definition) is 2. The van der Waals surface area contributed by atoms with Gasteiger partial charge in [-0.3, -0.25) is 0 Å². The molecule has 0 aromatic carbocycles. The van der Waals surface area contributed by atoms with Gasteiger partial charge in [-0.2, -0.15) is 35.1 Å². The molecule has 0 amide bonds. The topological polar surface area (TPSA) is 40.5 Å². The van der Waals surface area contributed by atoms with Crippen molar-refractivity contribution in [1.82, 2.24) is 0 Å². The molecule has 0 aromatic rings. The number of hydrogen-bond donors (Lipinski definition) is 2. The van der Waals surface area contributed by atoms with Gasteiger partial charge in [-0.05, 0) is 0 Å². The molecule has 0 spiro atoms. The summed E-state index contributed by atoms with van der Waals surface area (Å²) in [4.78, 5) is 0. The summed E-state index contributed by atoms with van der Waals surface area (Å²) >= 11 is 0. The van der Waals surface area contributed by atoms with Crippen LogP contribution in [0.1, 0.15) is 0 Å². The fraction of sp³-hybridized carbons (Fsp3) is 1.00. The average molecular weight is 248 g/mol. The minimum atomic E-state index is -6.70. The zero-order valence-corrected chi connectivity index (χ0v) is 6.63. The molecule has 0 saturated heterocycles. The highest BCUT2D eigenvalue weighted by Crippen LogP contribution is 2.51. The first-order valence-electron chi connectivity index (χ1n) is 3.16. The Balaban J connectivity index is 5.38. The molecule has 0 aromatic heterocycles. The Bertz CT molecular complexity index is 232. The number of alkyl halides is 8. The second-order valence-corrected chi connectivity index (χ2v) is 2.55. The van der Waals surface area contributed by atoms with E-state index in [9.17, 15) is 35.1 Å². The van der Waals surface area contributed by atoms with Crippen molar-refractivity contribution in [2.45, 2.75) is 23.9 Å².